The minimum atomic E-state index is 0.723. The lowest BCUT2D eigenvalue weighted by molar-refractivity contribution is 0.751. The molecule has 1 aromatic carbocycles. The average molecular weight is 507 g/mol. The van der Waals surface area contributed by atoms with E-state index in [9.17, 15) is 0 Å². The van der Waals surface area contributed by atoms with Gasteiger partial charge in [0.1, 0.15) is 5.69 Å². The van der Waals surface area contributed by atoms with Crippen LogP contribution >= 0.6 is 11.3 Å². The first-order chi connectivity index (χ1) is 18.1. The molecule has 0 saturated heterocycles. The fraction of sp³-hybridized carbons (Fsp3) is 0.167. The topological polar surface area (TPSA) is 82.3 Å². The number of unbranched alkanes of at least 4 members (excludes halogenated alkanes) is 1. The number of aromatic nitrogens is 5. The maximum atomic E-state index is 4.96. The van der Waals surface area contributed by atoms with Crippen molar-refractivity contribution in [3.8, 4) is 22.0 Å². The van der Waals surface area contributed by atoms with E-state index in [2.05, 4.69) is 76.3 Å². The number of allylic oxidation sites excluding steroid dienone is 5. The van der Waals surface area contributed by atoms with Crippen LogP contribution in [0.5, 0.6) is 0 Å². The fourth-order valence-electron chi connectivity index (χ4n) is 4.31. The Kier molecular flexibility index (Phi) is 7.14. The van der Waals surface area contributed by atoms with Gasteiger partial charge in [0.2, 0.25) is 0 Å². The normalized spacial score (nSPS) is 12.4. The van der Waals surface area contributed by atoms with Crippen molar-refractivity contribution in [2.45, 2.75) is 33.1 Å². The molecule has 0 aliphatic heterocycles. The van der Waals surface area contributed by atoms with E-state index in [0.29, 0.717) is 0 Å². The van der Waals surface area contributed by atoms with Gasteiger partial charge in [-0.05, 0) is 61.1 Å². The van der Waals surface area contributed by atoms with E-state index in [1.165, 1.54) is 4.88 Å². The summed E-state index contributed by atoms with van der Waals surface area (Å²) in [5, 5.41) is 14.1. The Labute approximate surface area is 220 Å². The van der Waals surface area contributed by atoms with Crippen LogP contribution in [-0.2, 0) is 0 Å². The molecule has 0 atom stereocenters. The minimum absolute atomic E-state index is 0.723. The third-order valence-electron chi connectivity index (χ3n) is 6.26. The molecule has 0 unspecified atom stereocenters. The standard InChI is InChI=1S/C30H30N6S/c1-5-8-11-19(4)32-21(7-3)16-20(6-2)25-17-23-26(18-31-25)35-36-29(23)30-33-24-13-9-12-22(28(24)34-30)27-14-10-15-37-27/h6-7,9-10,12-18,32H,3-5,8,11H2,1-2H3,(H,33,34)(H,35,36)/b20-6+,21-16+. The predicted molar refractivity (Wildman–Crippen MR) is 156 cm³/mol. The maximum absolute atomic E-state index is 4.96. The lowest BCUT2D eigenvalue weighted by Crippen LogP contribution is -2.10. The number of rotatable bonds is 10. The van der Waals surface area contributed by atoms with Crippen molar-refractivity contribution in [3.63, 3.8) is 0 Å². The van der Waals surface area contributed by atoms with Crippen molar-refractivity contribution in [1.82, 2.24) is 30.5 Å². The number of pyridine rings is 1. The molecule has 3 N–H and O–H groups in total. The van der Waals surface area contributed by atoms with Gasteiger partial charge in [0.25, 0.3) is 0 Å². The van der Waals surface area contributed by atoms with Crippen LogP contribution in [0.3, 0.4) is 0 Å². The van der Waals surface area contributed by atoms with Crippen molar-refractivity contribution in [2.75, 3.05) is 0 Å². The highest BCUT2D eigenvalue weighted by Gasteiger charge is 2.16. The van der Waals surface area contributed by atoms with Crippen molar-refractivity contribution < 1.29 is 0 Å². The van der Waals surface area contributed by atoms with Crippen LogP contribution in [-0.4, -0.2) is 25.1 Å². The zero-order chi connectivity index (χ0) is 25.8. The molecular weight excluding hydrogens is 476 g/mol. The van der Waals surface area contributed by atoms with Crippen LogP contribution < -0.4 is 5.32 Å². The molecule has 6 nitrogen and oxygen atoms in total. The second kappa shape index (κ2) is 10.8. The van der Waals surface area contributed by atoms with Crippen LogP contribution in [0.4, 0.5) is 0 Å². The monoisotopic (exact) mass is 506 g/mol. The molecule has 0 amide bonds. The predicted octanol–water partition coefficient (Wildman–Crippen LogP) is 8.00. The van der Waals surface area contributed by atoms with Crippen LogP contribution in [0.2, 0.25) is 0 Å². The maximum Gasteiger partial charge on any atom is 0.159 e. The SMILES string of the molecule is C=C/C(=C\C(=C/C)c1cc2c(-c3nc4c(-c5cccs5)cccc4[nH]3)n[nH]c2cn1)NC(=C)CCCC. The van der Waals surface area contributed by atoms with Crippen molar-refractivity contribution in [2.24, 2.45) is 0 Å². The molecule has 37 heavy (non-hydrogen) atoms. The van der Waals surface area contributed by atoms with Gasteiger partial charge in [0, 0.05) is 27.2 Å². The number of fused-ring (bicyclic) bond motifs is 2. The molecule has 4 heterocycles. The third-order valence-corrected chi connectivity index (χ3v) is 7.16. The van der Waals surface area contributed by atoms with E-state index in [-0.39, 0.29) is 0 Å². The van der Waals surface area contributed by atoms with Gasteiger partial charge in [-0.25, -0.2) is 4.98 Å². The second-order valence-corrected chi connectivity index (χ2v) is 9.78. The summed E-state index contributed by atoms with van der Waals surface area (Å²) in [6.07, 6.45) is 10.9. The lowest BCUT2D eigenvalue weighted by atomic mass is 10.1. The molecule has 0 saturated carbocycles. The Morgan fingerprint density at radius 3 is 2.84 bits per heavy atom. The zero-order valence-electron chi connectivity index (χ0n) is 21.1. The van der Waals surface area contributed by atoms with Gasteiger partial charge in [-0.3, -0.25) is 10.1 Å². The smallest absolute Gasteiger partial charge is 0.159 e. The molecule has 0 aliphatic rings. The Bertz CT molecular complexity index is 1630. The summed E-state index contributed by atoms with van der Waals surface area (Å²) in [6, 6.07) is 12.4. The molecule has 0 spiro atoms. The quantitative estimate of drug-likeness (QED) is 0.168. The number of nitrogens with zero attached hydrogens (tertiary/aromatic N) is 3. The number of hydrogen-bond donors (Lipinski definition) is 3. The van der Waals surface area contributed by atoms with Crippen molar-refractivity contribution in [1.29, 1.82) is 0 Å². The lowest BCUT2D eigenvalue weighted by Gasteiger charge is -2.11. The van der Waals surface area contributed by atoms with E-state index in [1.54, 1.807) is 11.3 Å². The van der Waals surface area contributed by atoms with Crippen molar-refractivity contribution >= 4 is 38.8 Å². The van der Waals surface area contributed by atoms with Gasteiger partial charge in [-0.2, -0.15) is 5.10 Å². The van der Waals surface area contributed by atoms with Gasteiger partial charge in [0.15, 0.2) is 5.82 Å². The third kappa shape index (κ3) is 5.04. The minimum Gasteiger partial charge on any atom is -0.359 e. The van der Waals surface area contributed by atoms with Crippen molar-refractivity contribution in [3.05, 3.63) is 96.4 Å². The summed E-state index contributed by atoms with van der Waals surface area (Å²) in [4.78, 5) is 14.3. The van der Waals surface area contributed by atoms with Gasteiger partial charge in [-0.1, -0.05) is 50.8 Å². The van der Waals surface area contributed by atoms with E-state index in [4.69, 9.17) is 9.97 Å². The largest absolute Gasteiger partial charge is 0.359 e. The fourth-order valence-corrected chi connectivity index (χ4v) is 5.06. The van der Waals surface area contributed by atoms with Crippen LogP contribution in [0, 0.1) is 0 Å². The molecule has 5 aromatic rings. The molecule has 0 fully saturated rings. The number of imidazole rings is 1. The number of H-pyrrole nitrogens is 2. The number of para-hydroxylation sites is 1. The molecule has 0 bridgehead atoms. The molecule has 7 heteroatoms. The zero-order valence-corrected chi connectivity index (χ0v) is 22.0. The summed E-state index contributed by atoms with van der Waals surface area (Å²) in [6.45, 7) is 12.3. The number of nitrogens with one attached hydrogen (secondary N) is 3. The molecule has 5 rings (SSSR count). The first kappa shape index (κ1) is 24.5. The summed E-state index contributed by atoms with van der Waals surface area (Å²) in [5.74, 6) is 0.723. The first-order valence-corrected chi connectivity index (χ1v) is 13.3. The van der Waals surface area contributed by atoms with Crippen LogP contribution in [0.1, 0.15) is 38.8 Å². The highest BCUT2D eigenvalue weighted by molar-refractivity contribution is 7.13. The number of hydrogen-bond acceptors (Lipinski definition) is 5. The molecule has 4 aromatic heterocycles. The number of aromatic amines is 2. The molecular formula is C30H30N6S. The Morgan fingerprint density at radius 1 is 1.19 bits per heavy atom. The van der Waals surface area contributed by atoms with Gasteiger partial charge in [0.05, 0.1) is 28.4 Å². The summed E-state index contributed by atoms with van der Waals surface area (Å²) < 4.78 is 0. The average Bonchev–Trinajstić information content (AvgIpc) is 3.68. The molecule has 0 radical (unpaired) electrons. The summed E-state index contributed by atoms with van der Waals surface area (Å²) in [5.41, 5.74) is 8.34. The number of thiophene rings is 1. The molecule has 186 valence electrons. The number of benzene rings is 1. The Hall–Kier alpha value is -4.23. The summed E-state index contributed by atoms with van der Waals surface area (Å²) in [7, 11) is 0. The van der Waals surface area contributed by atoms with Gasteiger partial charge in [-0.15, -0.1) is 11.3 Å². The first-order valence-electron chi connectivity index (χ1n) is 12.4. The van der Waals surface area contributed by atoms with E-state index < -0.39 is 0 Å². The van der Waals surface area contributed by atoms with E-state index >= 15 is 0 Å². The summed E-state index contributed by atoms with van der Waals surface area (Å²) >= 11 is 1.71. The van der Waals surface area contributed by atoms with E-state index in [1.807, 2.05) is 37.4 Å². The van der Waals surface area contributed by atoms with Gasteiger partial charge >= 0.3 is 0 Å². The molecule has 0 aliphatic carbocycles. The van der Waals surface area contributed by atoms with Crippen LogP contribution in [0.15, 0.2) is 90.8 Å². The van der Waals surface area contributed by atoms with E-state index in [0.717, 1.165) is 80.9 Å². The van der Waals surface area contributed by atoms with Crippen LogP contribution in [0.25, 0.3) is 49.5 Å². The second-order valence-electron chi connectivity index (χ2n) is 8.83. The Morgan fingerprint density at radius 2 is 2.08 bits per heavy atom. The highest BCUT2D eigenvalue weighted by Crippen LogP contribution is 2.33. The van der Waals surface area contributed by atoms with Gasteiger partial charge < -0.3 is 10.3 Å². The highest BCUT2D eigenvalue weighted by atomic mass is 32.1. The Balaban J connectivity index is 1.51.